The van der Waals surface area contributed by atoms with Gasteiger partial charge in [0.2, 0.25) is 0 Å². The summed E-state index contributed by atoms with van der Waals surface area (Å²) >= 11 is 0. The van der Waals surface area contributed by atoms with Gasteiger partial charge in [0, 0.05) is 17.9 Å². The Balaban J connectivity index is 1.71. The van der Waals surface area contributed by atoms with Gasteiger partial charge in [0.05, 0.1) is 12.2 Å². The number of cyclic esters (lactones) is 1. The van der Waals surface area contributed by atoms with Crippen LogP contribution in [0, 0.1) is 28.6 Å². The molecule has 3 aliphatic carbocycles. The predicted molar refractivity (Wildman–Crippen MR) is 80.8 cm³/mol. The Morgan fingerprint density at radius 3 is 2.82 bits per heavy atom. The summed E-state index contributed by atoms with van der Waals surface area (Å²) in [4.78, 5) is 11.6. The number of carbonyl (C=O) groups excluding carboxylic acids is 1. The van der Waals surface area contributed by atoms with E-state index in [2.05, 4.69) is 13.8 Å². The highest BCUT2D eigenvalue weighted by Gasteiger charge is 2.62. The smallest absolute Gasteiger partial charge is 0.330 e. The molecule has 0 aromatic carbocycles. The second-order valence-corrected chi connectivity index (χ2v) is 8.39. The van der Waals surface area contributed by atoms with Gasteiger partial charge in [-0.1, -0.05) is 19.4 Å². The summed E-state index contributed by atoms with van der Waals surface area (Å²) < 4.78 is 5.36. The molecule has 22 heavy (non-hydrogen) atoms. The lowest BCUT2D eigenvalue weighted by atomic mass is 9.48. The van der Waals surface area contributed by atoms with Crippen LogP contribution in [0.1, 0.15) is 46.0 Å². The molecule has 1 aliphatic heterocycles. The number of esters is 1. The molecule has 0 saturated heterocycles. The highest BCUT2D eigenvalue weighted by molar-refractivity contribution is 5.84. The Bertz CT molecular complexity index is 541. The third-order valence-corrected chi connectivity index (χ3v) is 7.48. The summed E-state index contributed by atoms with van der Waals surface area (Å²) in [5.74, 6) is 0.837. The molecule has 1 heterocycles. The van der Waals surface area contributed by atoms with Crippen LogP contribution in [0.25, 0.3) is 0 Å². The second-order valence-electron chi connectivity index (χ2n) is 8.39. The fraction of sp³-hybridized carbons (Fsp3) is 0.833. The maximum Gasteiger partial charge on any atom is 0.330 e. The molecule has 4 heteroatoms. The topological polar surface area (TPSA) is 66.8 Å². The van der Waals surface area contributed by atoms with E-state index in [-0.39, 0.29) is 28.8 Å². The van der Waals surface area contributed by atoms with Gasteiger partial charge in [-0.3, -0.25) is 0 Å². The lowest BCUT2D eigenvalue weighted by Crippen LogP contribution is -2.54. The number of ether oxygens (including phenoxy) is 1. The Hall–Kier alpha value is -0.870. The Morgan fingerprint density at radius 2 is 2.05 bits per heavy atom. The van der Waals surface area contributed by atoms with Crippen molar-refractivity contribution in [3.05, 3.63) is 11.6 Å². The first-order valence-electron chi connectivity index (χ1n) is 8.60. The average Bonchev–Trinajstić information content (AvgIpc) is 2.70. The summed E-state index contributed by atoms with van der Waals surface area (Å²) in [7, 11) is 0. The van der Waals surface area contributed by atoms with Crippen molar-refractivity contribution in [1.82, 2.24) is 0 Å². The van der Waals surface area contributed by atoms with Gasteiger partial charge in [-0.25, -0.2) is 4.79 Å². The van der Waals surface area contributed by atoms with Gasteiger partial charge in [-0.05, 0) is 48.9 Å². The molecule has 0 bridgehead atoms. The zero-order valence-electron chi connectivity index (χ0n) is 13.4. The highest BCUT2D eigenvalue weighted by atomic mass is 16.5. The van der Waals surface area contributed by atoms with Crippen LogP contribution in [-0.2, 0) is 9.53 Å². The molecule has 3 fully saturated rings. The van der Waals surface area contributed by atoms with Crippen LogP contribution in [0.5, 0.6) is 0 Å². The first-order chi connectivity index (χ1) is 10.4. The number of hydrogen-bond acceptors (Lipinski definition) is 4. The summed E-state index contributed by atoms with van der Waals surface area (Å²) in [6.07, 6.45) is 5.37. The predicted octanol–water partition coefficient (Wildman–Crippen LogP) is 2.04. The van der Waals surface area contributed by atoms with E-state index in [4.69, 9.17) is 4.74 Å². The number of aliphatic hydroxyl groups is 2. The van der Waals surface area contributed by atoms with E-state index in [0.717, 1.165) is 25.7 Å². The lowest BCUT2D eigenvalue weighted by Gasteiger charge is -2.57. The van der Waals surface area contributed by atoms with Crippen molar-refractivity contribution in [3.63, 3.8) is 0 Å². The summed E-state index contributed by atoms with van der Waals surface area (Å²) in [5.41, 5.74) is 1.01. The molecule has 7 atom stereocenters. The number of carbonyl (C=O) groups is 1. The molecule has 0 spiro atoms. The van der Waals surface area contributed by atoms with E-state index in [1.165, 1.54) is 5.57 Å². The fourth-order valence-corrected chi connectivity index (χ4v) is 6.20. The normalized spacial score (nSPS) is 53.9. The Kier molecular flexibility index (Phi) is 3.06. The number of hydrogen-bond donors (Lipinski definition) is 2. The van der Waals surface area contributed by atoms with Gasteiger partial charge < -0.3 is 14.9 Å². The third-order valence-electron chi connectivity index (χ3n) is 7.48. The monoisotopic (exact) mass is 306 g/mol. The van der Waals surface area contributed by atoms with Crippen molar-refractivity contribution in [2.45, 2.75) is 58.2 Å². The Morgan fingerprint density at radius 1 is 1.27 bits per heavy atom. The third kappa shape index (κ3) is 1.74. The van der Waals surface area contributed by atoms with E-state index in [9.17, 15) is 15.0 Å². The minimum absolute atomic E-state index is 0.0780. The largest absolute Gasteiger partial charge is 0.462 e. The molecule has 0 amide bonds. The lowest BCUT2D eigenvalue weighted by molar-refractivity contribution is -0.150. The maximum atomic E-state index is 11.6. The van der Waals surface area contributed by atoms with E-state index in [1.54, 1.807) is 6.08 Å². The average molecular weight is 306 g/mol. The van der Waals surface area contributed by atoms with Gasteiger partial charge in [-0.2, -0.15) is 0 Å². The van der Waals surface area contributed by atoms with Gasteiger partial charge in [-0.15, -0.1) is 0 Å². The van der Waals surface area contributed by atoms with Crippen LogP contribution < -0.4 is 0 Å². The van der Waals surface area contributed by atoms with Crippen molar-refractivity contribution in [1.29, 1.82) is 0 Å². The SMILES string of the molecule is C[C@]12CC[C@H]3[C@@H](CCC4=CC(=O)OC[C@@]43C)[C@@H]1[C@H](O)C[C@@H]2O. The first kappa shape index (κ1) is 14.7. The highest BCUT2D eigenvalue weighted by Crippen LogP contribution is 2.64. The molecular formula is C18H26O4. The molecular weight excluding hydrogens is 280 g/mol. The summed E-state index contributed by atoms with van der Waals surface area (Å²) in [6.45, 7) is 4.85. The van der Waals surface area contributed by atoms with Crippen molar-refractivity contribution >= 4 is 5.97 Å². The van der Waals surface area contributed by atoms with E-state index >= 15 is 0 Å². The summed E-state index contributed by atoms with van der Waals surface area (Å²) in [6, 6.07) is 0. The molecule has 4 rings (SSSR count). The Labute approximate surface area is 131 Å². The van der Waals surface area contributed by atoms with Gasteiger partial charge in [0.15, 0.2) is 0 Å². The standard InChI is InChI=1S/C18H26O4/c1-17-6-5-12-11(16(17)13(19)8-14(17)20)4-3-10-7-15(21)22-9-18(10,12)2/h7,11-14,16,19-20H,3-6,8-9H2,1-2H3/t11-,12+,13-,14+,16-,17-,18+/m1/s1. The summed E-state index contributed by atoms with van der Waals surface area (Å²) in [5, 5.41) is 21.0. The second kappa shape index (κ2) is 4.57. The van der Waals surface area contributed by atoms with Crippen molar-refractivity contribution in [3.8, 4) is 0 Å². The van der Waals surface area contributed by atoms with Crippen molar-refractivity contribution < 1.29 is 19.7 Å². The van der Waals surface area contributed by atoms with E-state index in [0.29, 0.717) is 24.9 Å². The molecule has 0 radical (unpaired) electrons. The van der Waals surface area contributed by atoms with E-state index in [1.807, 2.05) is 0 Å². The quantitative estimate of drug-likeness (QED) is 0.672. The number of aliphatic hydroxyl groups excluding tert-OH is 2. The molecule has 4 aliphatic rings. The van der Waals surface area contributed by atoms with Crippen LogP contribution in [0.3, 0.4) is 0 Å². The number of rotatable bonds is 0. The van der Waals surface area contributed by atoms with Crippen LogP contribution in [-0.4, -0.2) is 35.0 Å². The molecule has 2 N–H and O–H groups in total. The zero-order chi connectivity index (χ0) is 15.7. The molecule has 0 aromatic rings. The van der Waals surface area contributed by atoms with Gasteiger partial charge in [0.25, 0.3) is 0 Å². The van der Waals surface area contributed by atoms with E-state index < -0.39 is 6.10 Å². The molecule has 3 saturated carbocycles. The molecule has 0 aromatic heterocycles. The van der Waals surface area contributed by atoms with Crippen LogP contribution in [0.15, 0.2) is 11.6 Å². The minimum atomic E-state index is -0.395. The molecule has 0 unspecified atom stereocenters. The number of fused-ring (bicyclic) bond motifs is 5. The van der Waals surface area contributed by atoms with Crippen molar-refractivity contribution in [2.24, 2.45) is 28.6 Å². The maximum absolute atomic E-state index is 11.6. The first-order valence-corrected chi connectivity index (χ1v) is 8.60. The zero-order valence-corrected chi connectivity index (χ0v) is 13.4. The van der Waals surface area contributed by atoms with Gasteiger partial charge >= 0.3 is 5.97 Å². The van der Waals surface area contributed by atoms with Crippen LogP contribution >= 0.6 is 0 Å². The molecule has 4 nitrogen and oxygen atoms in total. The van der Waals surface area contributed by atoms with Crippen LogP contribution in [0.2, 0.25) is 0 Å². The fourth-order valence-electron chi connectivity index (χ4n) is 6.20. The van der Waals surface area contributed by atoms with Crippen LogP contribution in [0.4, 0.5) is 0 Å². The minimum Gasteiger partial charge on any atom is -0.462 e. The van der Waals surface area contributed by atoms with Gasteiger partial charge in [0.1, 0.15) is 6.61 Å². The van der Waals surface area contributed by atoms with Crippen molar-refractivity contribution in [2.75, 3.05) is 6.61 Å². The molecule has 122 valence electrons.